The number of nitrogens with zero attached hydrogens (tertiary/aromatic N) is 2. The Labute approximate surface area is 136 Å². The highest BCUT2D eigenvalue weighted by Gasteiger charge is 2.04. The van der Waals surface area contributed by atoms with E-state index >= 15 is 0 Å². The molecule has 122 valence electrons. The highest BCUT2D eigenvalue weighted by atomic mass is 16.5. The molecule has 1 aromatic carbocycles. The van der Waals surface area contributed by atoms with Crippen LogP contribution in [0, 0.1) is 0 Å². The van der Waals surface area contributed by atoms with Gasteiger partial charge in [-0.3, -0.25) is 4.98 Å². The van der Waals surface area contributed by atoms with Crippen LogP contribution in [0.25, 0.3) is 0 Å². The molecule has 0 spiro atoms. The van der Waals surface area contributed by atoms with E-state index in [0.29, 0.717) is 19.0 Å². The van der Waals surface area contributed by atoms with Gasteiger partial charge in [-0.15, -0.1) is 0 Å². The minimum atomic E-state index is 0.425. The molecule has 0 saturated carbocycles. The molecule has 3 N–H and O–H groups in total. The lowest BCUT2D eigenvalue weighted by Gasteiger charge is -2.10. The standard InChI is InChI=1S/C17H22N4O2/c1-22-15-6-5-13(10-16(15)23-2)7-9-20-17(18)21-12-14-4-3-8-19-11-14/h3-6,8,10-11H,7,9,12H2,1-2H3,(H3,18,20,21). The lowest BCUT2D eigenvalue weighted by Crippen LogP contribution is -2.33. The van der Waals surface area contributed by atoms with Crippen molar-refractivity contribution in [3.8, 4) is 11.5 Å². The summed E-state index contributed by atoms with van der Waals surface area (Å²) in [6, 6.07) is 9.71. The maximum atomic E-state index is 5.86. The molecule has 6 nitrogen and oxygen atoms in total. The van der Waals surface area contributed by atoms with E-state index in [0.717, 1.165) is 29.0 Å². The van der Waals surface area contributed by atoms with Gasteiger partial charge in [0.15, 0.2) is 17.5 Å². The number of aliphatic imine (C=N–C) groups is 1. The maximum Gasteiger partial charge on any atom is 0.188 e. The summed E-state index contributed by atoms with van der Waals surface area (Å²) < 4.78 is 10.5. The first kappa shape index (κ1) is 16.6. The molecule has 0 radical (unpaired) electrons. The van der Waals surface area contributed by atoms with Crippen LogP contribution in [0.5, 0.6) is 11.5 Å². The molecule has 0 atom stereocenters. The number of nitrogens with one attached hydrogen (secondary N) is 1. The van der Waals surface area contributed by atoms with E-state index < -0.39 is 0 Å². The first-order valence-corrected chi connectivity index (χ1v) is 7.36. The van der Waals surface area contributed by atoms with Gasteiger partial charge in [-0.2, -0.15) is 0 Å². The van der Waals surface area contributed by atoms with Gasteiger partial charge in [0.2, 0.25) is 0 Å². The van der Waals surface area contributed by atoms with Gasteiger partial charge in [-0.1, -0.05) is 12.1 Å². The molecule has 0 unspecified atom stereocenters. The van der Waals surface area contributed by atoms with Gasteiger partial charge < -0.3 is 20.5 Å². The molecule has 0 bridgehead atoms. The van der Waals surface area contributed by atoms with Crippen LogP contribution in [0.1, 0.15) is 11.1 Å². The number of aromatic nitrogens is 1. The van der Waals surface area contributed by atoms with Gasteiger partial charge in [-0.25, -0.2) is 4.99 Å². The fraction of sp³-hybridized carbons (Fsp3) is 0.294. The van der Waals surface area contributed by atoms with Crippen molar-refractivity contribution < 1.29 is 9.47 Å². The fourth-order valence-electron chi connectivity index (χ4n) is 2.10. The topological polar surface area (TPSA) is 81.8 Å². The van der Waals surface area contributed by atoms with Crippen molar-refractivity contribution in [2.45, 2.75) is 13.0 Å². The molecule has 0 fully saturated rings. The second kappa shape index (κ2) is 8.63. The van der Waals surface area contributed by atoms with Crippen molar-refractivity contribution >= 4 is 5.96 Å². The van der Waals surface area contributed by atoms with E-state index in [9.17, 15) is 0 Å². The van der Waals surface area contributed by atoms with Gasteiger partial charge in [0.05, 0.1) is 20.8 Å². The van der Waals surface area contributed by atoms with Crippen molar-refractivity contribution in [2.24, 2.45) is 10.7 Å². The molecule has 1 aromatic heterocycles. The molecular weight excluding hydrogens is 292 g/mol. The number of hydrogen-bond donors (Lipinski definition) is 2. The lowest BCUT2D eigenvalue weighted by atomic mass is 10.1. The second-order valence-corrected chi connectivity index (χ2v) is 4.93. The summed E-state index contributed by atoms with van der Waals surface area (Å²) in [7, 11) is 3.25. The third-order valence-corrected chi connectivity index (χ3v) is 3.32. The van der Waals surface area contributed by atoms with Crippen molar-refractivity contribution in [1.82, 2.24) is 10.3 Å². The largest absolute Gasteiger partial charge is 0.493 e. The fourth-order valence-corrected chi connectivity index (χ4v) is 2.10. The van der Waals surface area contributed by atoms with Crippen LogP contribution in [-0.2, 0) is 13.0 Å². The molecule has 0 aliphatic rings. The zero-order valence-electron chi connectivity index (χ0n) is 13.5. The highest BCUT2D eigenvalue weighted by Crippen LogP contribution is 2.27. The SMILES string of the molecule is COc1ccc(CCNC(N)=NCc2cccnc2)cc1OC. The molecule has 2 aromatic rings. The van der Waals surface area contributed by atoms with E-state index in [-0.39, 0.29) is 0 Å². The molecule has 2 rings (SSSR count). The number of ether oxygens (including phenoxy) is 2. The van der Waals surface area contributed by atoms with Gasteiger partial charge >= 0.3 is 0 Å². The summed E-state index contributed by atoms with van der Waals surface area (Å²) >= 11 is 0. The summed E-state index contributed by atoms with van der Waals surface area (Å²) in [4.78, 5) is 8.33. The molecule has 23 heavy (non-hydrogen) atoms. The minimum absolute atomic E-state index is 0.425. The molecule has 6 heteroatoms. The van der Waals surface area contributed by atoms with Gasteiger partial charge in [0.1, 0.15) is 0 Å². The number of pyridine rings is 1. The molecule has 0 saturated heterocycles. The number of methoxy groups -OCH3 is 2. The average molecular weight is 314 g/mol. The third-order valence-electron chi connectivity index (χ3n) is 3.32. The van der Waals surface area contributed by atoms with E-state index in [2.05, 4.69) is 15.3 Å². The lowest BCUT2D eigenvalue weighted by molar-refractivity contribution is 0.354. The number of guanidine groups is 1. The van der Waals surface area contributed by atoms with Crippen LogP contribution < -0.4 is 20.5 Å². The molecule has 0 aliphatic carbocycles. The van der Waals surface area contributed by atoms with Crippen LogP contribution in [-0.4, -0.2) is 31.7 Å². The smallest absolute Gasteiger partial charge is 0.188 e. The van der Waals surface area contributed by atoms with Crippen molar-refractivity contribution in [1.29, 1.82) is 0 Å². The Bertz CT molecular complexity index is 644. The summed E-state index contributed by atoms with van der Waals surface area (Å²) in [5.41, 5.74) is 8.02. The van der Waals surface area contributed by atoms with Crippen molar-refractivity contribution in [3.05, 3.63) is 53.9 Å². The Kier molecular flexibility index (Phi) is 6.23. The molecule has 1 heterocycles. The highest BCUT2D eigenvalue weighted by molar-refractivity contribution is 5.77. The summed E-state index contributed by atoms with van der Waals surface area (Å²) in [5, 5.41) is 3.10. The zero-order chi connectivity index (χ0) is 16.5. The Morgan fingerprint density at radius 2 is 2.00 bits per heavy atom. The molecular formula is C17H22N4O2. The predicted molar refractivity (Wildman–Crippen MR) is 90.8 cm³/mol. The van der Waals surface area contributed by atoms with Crippen molar-refractivity contribution in [2.75, 3.05) is 20.8 Å². The summed E-state index contributed by atoms with van der Waals surface area (Å²) in [6.45, 7) is 1.21. The maximum absolute atomic E-state index is 5.86. The van der Waals surface area contributed by atoms with Gasteiger partial charge in [-0.05, 0) is 35.7 Å². The second-order valence-electron chi connectivity index (χ2n) is 4.93. The molecule has 0 aliphatic heterocycles. The van der Waals surface area contributed by atoms with Crippen molar-refractivity contribution in [3.63, 3.8) is 0 Å². The van der Waals surface area contributed by atoms with Crippen LogP contribution in [0.4, 0.5) is 0 Å². The summed E-state index contributed by atoms with van der Waals surface area (Å²) in [6.07, 6.45) is 4.32. The Hall–Kier alpha value is -2.76. The Balaban J connectivity index is 1.82. The van der Waals surface area contributed by atoms with Gasteiger partial charge in [0.25, 0.3) is 0 Å². The summed E-state index contributed by atoms with van der Waals surface area (Å²) in [5.74, 6) is 1.87. The Morgan fingerprint density at radius 1 is 1.17 bits per heavy atom. The molecule has 0 amide bonds. The number of benzene rings is 1. The van der Waals surface area contributed by atoms with E-state index in [1.807, 2.05) is 30.3 Å². The average Bonchev–Trinajstić information content (AvgIpc) is 2.60. The Morgan fingerprint density at radius 3 is 2.70 bits per heavy atom. The quantitative estimate of drug-likeness (QED) is 0.601. The number of hydrogen-bond acceptors (Lipinski definition) is 4. The van der Waals surface area contributed by atoms with Gasteiger partial charge in [0, 0.05) is 18.9 Å². The number of nitrogens with two attached hydrogens (primary N) is 1. The van der Waals surface area contributed by atoms with E-state index in [1.165, 1.54) is 0 Å². The van der Waals surface area contributed by atoms with Crippen LogP contribution >= 0.6 is 0 Å². The van der Waals surface area contributed by atoms with E-state index in [4.69, 9.17) is 15.2 Å². The van der Waals surface area contributed by atoms with Crippen LogP contribution in [0.2, 0.25) is 0 Å². The van der Waals surface area contributed by atoms with E-state index in [1.54, 1.807) is 26.6 Å². The van der Waals surface area contributed by atoms with Crippen LogP contribution in [0.15, 0.2) is 47.7 Å². The zero-order valence-corrected chi connectivity index (χ0v) is 13.5. The first-order chi connectivity index (χ1) is 11.2. The normalized spacial score (nSPS) is 11.1. The number of rotatable bonds is 7. The minimum Gasteiger partial charge on any atom is -0.493 e. The van der Waals surface area contributed by atoms with Crippen LogP contribution in [0.3, 0.4) is 0 Å². The first-order valence-electron chi connectivity index (χ1n) is 7.36. The monoisotopic (exact) mass is 314 g/mol. The predicted octanol–water partition coefficient (Wildman–Crippen LogP) is 1.75. The third kappa shape index (κ3) is 5.18.